The predicted octanol–water partition coefficient (Wildman–Crippen LogP) is 13.5. The number of unbranched alkanes of at least 4 members (excludes halogenated alkanes) is 15. The average Bonchev–Trinajstić information content (AvgIpc) is 3.18. The van der Waals surface area contributed by atoms with Gasteiger partial charge in [0.1, 0.15) is 11.4 Å². The van der Waals surface area contributed by atoms with Gasteiger partial charge in [0.15, 0.2) is 0 Å². The number of methoxy groups -OCH3 is 1. The van der Waals surface area contributed by atoms with Crippen LogP contribution in [0.4, 0.5) is 0 Å². The number of benzene rings is 4. The number of rotatable bonds is 27. The first kappa shape index (κ1) is 40.4. The van der Waals surface area contributed by atoms with Gasteiger partial charge < -0.3 is 14.2 Å². The zero-order valence-electron chi connectivity index (χ0n) is 32.1. The Balaban J connectivity index is 1.34. The van der Waals surface area contributed by atoms with E-state index in [0.717, 1.165) is 46.4 Å². The standard InChI is InChI=1S/C48H66O3/c1-4-5-6-7-8-9-10-11-12-13-14-15-16-17-18-28-35-46(50-39-42-37-36-41(2)47(38-42)49-3)40-51-48(43-29-22-19-23-30-43,44-31-24-20-25-32-44)45-33-26-21-27-34-45/h19-27,29-34,36-38,46H,4-18,28,35,39-40H2,1-3H3/t46-/m1/s1. The van der Waals surface area contributed by atoms with E-state index >= 15 is 0 Å². The van der Waals surface area contributed by atoms with E-state index in [1.165, 1.54) is 96.3 Å². The maximum absolute atomic E-state index is 7.23. The van der Waals surface area contributed by atoms with Crippen LogP contribution in [0, 0.1) is 6.92 Å². The minimum atomic E-state index is -0.757. The summed E-state index contributed by atoms with van der Waals surface area (Å²) in [5.41, 5.74) is 4.85. The fourth-order valence-electron chi connectivity index (χ4n) is 7.29. The van der Waals surface area contributed by atoms with Crippen molar-refractivity contribution >= 4 is 0 Å². The van der Waals surface area contributed by atoms with E-state index in [9.17, 15) is 0 Å². The molecule has 3 heteroatoms. The maximum Gasteiger partial charge on any atom is 0.143 e. The van der Waals surface area contributed by atoms with Gasteiger partial charge in [0.25, 0.3) is 0 Å². The highest BCUT2D eigenvalue weighted by molar-refractivity contribution is 5.47. The summed E-state index contributed by atoms with van der Waals surface area (Å²) in [7, 11) is 1.73. The Labute approximate surface area is 311 Å². The third-order valence-corrected chi connectivity index (χ3v) is 10.4. The summed E-state index contributed by atoms with van der Waals surface area (Å²) in [6.07, 6.45) is 22.8. The Morgan fingerprint density at radius 1 is 0.529 bits per heavy atom. The molecule has 1 atom stereocenters. The first-order valence-electron chi connectivity index (χ1n) is 20.2. The molecule has 4 aromatic rings. The van der Waals surface area contributed by atoms with Crippen molar-refractivity contribution in [3.05, 3.63) is 137 Å². The minimum absolute atomic E-state index is 0.0422. The molecule has 3 nitrogen and oxygen atoms in total. The van der Waals surface area contributed by atoms with E-state index in [4.69, 9.17) is 14.2 Å². The Morgan fingerprint density at radius 3 is 1.39 bits per heavy atom. The molecule has 0 radical (unpaired) electrons. The molecule has 0 aromatic heterocycles. The smallest absolute Gasteiger partial charge is 0.143 e. The molecule has 0 N–H and O–H groups in total. The fraction of sp³-hybridized carbons (Fsp3) is 0.500. The molecule has 0 amide bonds. The third-order valence-electron chi connectivity index (χ3n) is 10.4. The van der Waals surface area contributed by atoms with Crippen molar-refractivity contribution in [2.24, 2.45) is 0 Å². The summed E-state index contributed by atoms with van der Waals surface area (Å²) in [5, 5.41) is 0. The molecular weight excluding hydrogens is 625 g/mol. The molecule has 0 aliphatic rings. The maximum atomic E-state index is 7.23. The largest absolute Gasteiger partial charge is 0.496 e. The highest BCUT2D eigenvalue weighted by Gasteiger charge is 2.38. The SMILES string of the molecule is CCCCCCCCCCCCCCCCCC[C@H](COC(c1ccccc1)(c1ccccc1)c1ccccc1)OCc1ccc(C)c(OC)c1. The molecule has 0 spiro atoms. The highest BCUT2D eigenvalue weighted by atomic mass is 16.5. The van der Waals surface area contributed by atoms with Crippen LogP contribution in [0.25, 0.3) is 0 Å². The number of hydrogen-bond donors (Lipinski definition) is 0. The topological polar surface area (TPSA) is 27.7 Å². The minimum Gasteiger partial charge on any atom is -0.496 e. The zero-order valence-corrected chi connectivity index (χ0v) is 32.1. The quantitative estimate of drug-likeness (QED) is 0.0460. The van der Waals surface area contributed by atoms with Crippen LogP contribution in [-0.2, 0) is 21.7 Å². The molecule has 0 bridgehead atoms. The number of aryl methyl sites for hydroxylation is 1. The van der Waals surface area contributed by atoms with Crippen molar-refractivity contribution in [2.75, 3.05) is 13.7 Å². The molecule has 276 valence electrons. The first-order chi connectivity index (χ1) is 25.2. The van der Waals surface area contributed by atoms with E-state index in [2.05, 4.69) is 123 Å². The number of hydrogen-bond acceptors (Lipinski definition) is 3. The van der Waals surface area contributed by atoms with Gasteiger partial charge >= 0.3 is 0 Å². The van der Waals surface area contributed by atoms with Crippen LogP contribution in [0.2, 0.25) is 0 Å². The molecule has 51 heavy (non-hydrogen) atoms. The lowest BCUT2D eigenvalue weighted by molar-refractivity contribution is -0.0731. The van der Waals surface area contributed by atoms with Crippen LogP contribution in [0.3, 0.4) is 0 Å². The molecule has 0 aliphatic heterocycles. The molecule has 0 saturated carbocycles. The van der Waals surface area contributed by atoms with Crippen LogP contribution in [0.15, 0.2) is 109 Å². The Bertz CT molecular complexity index is 1340. The van der Waals surface area contributed by atoms with Crippen molar-refractivity contribution < 1.29 is 14.2 Å². The van der Waals surface area contributed by atoms with Crippen LogP contribution in [0.1, 0.15) is 144 Å². The Morgan fingerprint density at radius 2 is 0.961 bits per heavy atom. The molecule has 0 saturated heterocycles. The second kappa shape index (κ2) is 24.0. The van der Waals surface area contributed by atoms with Gasteiger partial charge in [0.2, 0.25) is 0 Å². The summed E-state index contributed by atoms with van der Waals surface area (Å²) in [5.74, 6) is 0.901. The van der Waals surface area contributed by atoms with Crippen LogP contribution in [-0.4, -0.2) is 19.8 Å². The fourth-order valence-corrected chi connectivity index (χ4v) is 7.29. The van der Waals surface area contributed by atoms with Crippen molar-refractivity contribution in [1.82, 2.24) is 0 Å². The number of ether oxygens (including phenoxy) is 3. The van der Waals surface area contributed by atoms with Gasteiger partial charge in [-0.2, -0.15) is 0 Å². The van der Waals surface area contributed by atoms with E-state index < -0.39 is 5.60 Å². The van der Waals surface area contributed by atoms with Crippen LogP contribution < -0.4 is 4.74 Å². The summed E-state index contributed by atoms with van der Waals surface area (Å²) in [4.78, 5) is 0. The van der Waals surface area contributed by atoms with Gasteiger partial charge in [-0.1, -0.05) is 213 Å². The van der Waals surface area contributed by atoms with Crippen molar-refractivity contribution in [3.8, 4) is 5.75 Å². The van der Waals surface area contributed by atoms with Crippen LogP contribution >= 0.6 is 0 Å². The van der Waals surface area contributed by atoms with Gasteiger partial charge in [0.05, 0.1) is 26.4 Å². The second-order valence-electron chi connectivity index (χ2n) is 14.4. The predicted molar refractivity (Wildman–Crippen MR) is 216 cm³/mol. The van der Waals surface area contributed by atoms with Crippen molar-refractivity contribution in [1.29, 1.82) is 0 Å². The normalized spacial score (nSPS) is 12.2. The molecule has 4 rings (SSSR count). The molecule has 0 heterocycles. The molecule has 0 aliphatic carbocycles. The van der Waals surface area contributed by atoms with E-state index in [0.29, 0.717) is 13.2 Å². The highest BCUT2D eigenvalue weighted by Crippen LogP contribution is 2.41. The lowest BCUT2D eigenvalue weighted by Gasteiger charge is -2.37. The molecule has 4 aromatic carbocycles. The Kier molecular flexibility index (Phi) is 19.0. The van der Waals surface area contributed by atoms with Gasteiger partial charge in [-0.15, -0.1) is 0 Å². The lowest BCUT2D eigenvalue weighted by Crippen LogP contribution is -2.36. The summed E-state index contributed by atoms with van der Waals surface area (Å²) in [6, 6.07) is 38.3. The van der Waals surface area contributed by atoms with Crippen molar-refractivity contribution in [2.45, 2.75) is 141 Å². The first-order valence-corrected chi connectivity index (χ1v) is 20.2. The third kappa shape index (κ3) is 13.6. The van der Waals surface area contributed by atoms with Gasteiger partial charge in [0, 0.05) is 0 Å². The van der Waals surface area contributed by atoms with E-state index in [1.807, 2.05) is 0 Å². The van der Waals surface area contributed by atoms with E-state index in [1.54, 1.807) is 7.11 Å². The molecular formula is C48H66O3. The Hall–Kier alpha value is -3.40. The van der Waals surface area contributed by atoms with E-state index in [-0.39, 0.29) is 6.10 Å². The van der Waals surface area contributed by atoms with Gasteiger partial charge in [-0.05, 0) is 47.2 Å². The summed E-state index contributed by atoms with van der Waals surface area (Å²) in [6.45, 7) is 5.39. The second-order valence-corrected chi connectivity index (χ2v) is 14.4. The molecule has 0 unspecified atom stereocenters. The zero-order chi connectivity index (χ0) is 35.8. The van der Waals surface area contributed by atoms with Crippen LogP contribution in [0.5, 0.6) is 5.75 Å². The van der Waals surface area contributed by atoms with Gasteiger partial charge in [-0.3, -0.25) is 0 Å². The summed E-state index contributed by atoms with van der Waals surface area (Å²) >= 11 is 0. The lowest BCUT2D eigenvalue weighted by atomic mass is 9.80. The monoisotopic (exact) mass is 691 g/mol. The van der Waals surface area contributed by atoms with Gasteiger partial charge in [-0.25, -0.2) is 0 Å². The summed E-state index contributed by atoms with van der Waals surface area (Å²) < 4.78 is 19.6. The average molecular weight is 691 g/mol. The molecule has 0 fully saturated rings. The van der Waals surface area contributed by atoms with Crippen molar-refractivity contribution in [3.63, 3.8) is 0 Å².